The van der Waals surface area contributed by atoms with Gasteiger partial charge in [0.25, 0.3) is 0 Å². The van der Waals surface area contributed by atoms with E-state index in [2.05, 4.69) is 21.9 Å². The van der Waals surface area contributed by atoms with Crippen LogP contribution in [0, 0.1) is 11.2 Å². The predicted octanol–water partition coefficient (Wildman–Crippen LogP) is 1.46. The number of aliphatic hydroxyl groups is 1. The fourth-order valence-electron chi connectivity index (χ4n) is 4.07. The molecular weight excluding hydrogens is 283 g/mol. The third-order valence-corrected chi connectivity index (χ3v) is 5.49. The molecule has 122 valence electrons. The number of aromatic nitrogens is 2. The normalized spacial score (nSPS) is 29.5. The summed E-state index contributed by atoms with van der Waals surface area (Å²) in [6.07, 6.45) is 5.08. The summed E-state index contributed by atoms with van der Waals surface area (Å²) < 4.78 is 14.5. The molecule has 3 heterocycles. The first-order chi connectivity index (χ1) is 10.6. The zero-order valence-electron chi connectivity index (χ0n) is 13.4. The minimum absolute atomic E-state index is 0.0411. The van der Waals surface area contributed by atoms with Crippen LogP contribution in [-0.2, 0) is 6.42 Å². The molecule has 1 aromatic rings. The van der Waals surface area contributed by atoms with Crippen LogP contribution in [0.4, 0.5) is 10.2 Å². The average molecular weight is 308 g/mol. The van der Waals surface area contributed by atoms with E-state index >= 15 is 0 Å². The van der Waals surface area contributed by atoms with E-state index in [1.807, 2.05) is 11.8 Å². The number of likely N-dealkylation sites (tertiary alicyclic amines) is 1. The maximum absolute atomic E-state index is 14.5. The molecule has 22 heavy (non-hydrogen) atoms. The second-order valence-electron chi connectivity index (χ2n) is 6.63. The van der Waals surface area contributed by atoms with Crippen molar-refractivity contribution in [3.05, 3.63) is 17.8 Å². The Labute approximate surface area is 131 Å². The summed E-state index contributed by atoms with van der Waals surface area (Å²) in [5.41, 5.74) is 0.432. The van der Waals surface area contributed by atoms with Crippen LogP contribution in [0.15, 0.2) is 6.33 Å². The minimum atomic E-state index is -0.292. The maximum atomic E-state index is 14.5. The summed E-state index contributed by atoms with van der Waals surface area (Å²) in [6.45, 7) is 4.60. The van der Waals surface area contributed by atoms with Crippen LogP contribution in [-0.4, -0.2) is 59.3 Å². The van der Waals surface area contributed by atoms with Gasteiger partial charge < -0.3 is 14.9 Å². The molecule has 0 radical (unpaired) electrons. The second kappa shape index (κ2) is 6.08. The van der Waals surface area contributed by atoms with Crippen molar-refractivity contribution < 1.29 is 9.50 Å². The van der Waals surface area contributed by atoms with Crippen LogP contribution >= 0.6 is 0 Å². The fourth-order valence-corrected chi connectivity index (χ4v) is 4.07. The van der Waals surface area contributed by atoms with Gasteiger partial charge in [0.15, 0.2) is 11.6 Å². The zero-order valence-corrected chi connectivity index (χ0v) is 13.4. The molecule has 3 rings (SSSR count). The van der Waals surface area contributed by atoms with E-state index in [4.69, 9.17) is 0 Å². The quantitative estimate of drug-likeness (QED) is 0.916. The van der Waals surface area contributed by atoms with Crippen molar-refractivity contribution in [3.8, 4) is 0 Å². The van der Waals surface area contributed by atoms with Gasteiger partial charge in [0.1, 0.15) is 6.33 Å². The number of likely N-dealkylation sites (N-methyl/N-ethyl adjacent to an activating group) is 1. The molecule has 0 bridgehead atoms. The number of hydrogen-bond acceptors (Lipinski definition) is 5. The number of hydrogen-bond donors (Lipinski definition) is 1. The van der Waals surface area contributed by atoms with Gasteiger partial charge in [0.2, 0.25) is 0 Å². The number of piperidine rings is 2. The summed E-state index contributed by atoms with van der Waals surface area (Å²) in [7, 11) is 2.10. The Bertz CT molecular complexity index is 541. The molecule has 2 aliphatic heterocycles. The third-order valence-electron chi connectivity index (χ3n) is 5.49. The lowest BCUT2D eigenvalue weighted by molar-refractivity contribution is -0.0278. The molecule has 1 N–H and O–H groups in total. The number of rotatable bonds is 3. The highest BCUT2D eigenvalue weighted by molar-refractivity contribution is 5.42. The highest BCUT2D eigenvalue weighted by atomic mass is 19.1. The number of fused-ring (bicyclic) bond motifs is 1. The van der Waals surface area contributed by atoms with Gasteiger partial charge >= 0.3 is 0 Å². The van der Waals surface area contributed by atoms with Crippen LogP contribution < -0.4 is 4.90 Å². The average Bonchev–Trinajstić information content (AvgIpc) is 2.55. The Hall–Kier alpha value is -1.27. The lowest BCUT2D eigenvalue weighted by Crippen LogP contribution is -2.61. The smallest absolute Gasteiger partial charge is 0.187 e. The first kappa shape index (κ1) is 15.6. The summed E-state index contributed by atoms with van der Waals surface area (Å²) in [5.74, 6) is 0.123. The minimum Gasteiger partial charge on any atom is -0.396 e. The Morgan fingerprint density at radius 1 is 1.36 bits per heavy atom. The van der Waals surface area contributed by atoms with Crippen LogP contribution in [0.5, 0.6) is 0 Å². The van der Waals surface area contributed by atoms with Crippen LogP contribution in [0.1, 0.15) is 31.9 Å². The first-order valence-electron chi connectivity index (χ1n) is 8.16. The van der Waals surface area contributed by atoms with Crippen molar-refractivity contribution in [1.82, 2.24) is 14.9 Å². The van der Waals surface area contributed by atoms with Gasteiger partial charge in [-0.1, -0.05) is 6.92 Å². The molecular formula is C16H25FN4O. The molecule has 2 aliphatic rings. The summed E-state index contributed by atoms with van der Waals surface area (Å²) >= 11 is 0. The monoisotopic (exact) mass is 308 g/mol. The maximum Gasteiger partial charge on any atom is 0.187 e. The predicted molar refractivity (Wildman–Crippen MR) is 83.4 cm³/mol. The molecule has 0 spiro atoms. The Morgan fingerprint density at radius 3 is 2.91 bits per heavy atom. The van der Waals surface area contributed by atoms with Crippen molar-refractivity contribution in [2.24, 2.45) is 5.41 Å². The molecule has 2 atom stereocenters. The van der Waals surface area contributed by atoms with Crippen molar-refractivity contribution in [1.29, 1.82) is 0 Å². The van der Waals surface area contributed by atoms with Gasteiger partial charge in [-0.2, -0.15) is 0 Å². The molecule has 0 amide bonds. The topological polar surface area (TPSA) is 52.5 Å². The number of halogens is 1. The van der Waals surface area contributed by atoms with Gasteiger partial charge in [0.05, 0.1) is 12.3 Å². The molecule has 0 saturated carbocycles. The number of anilines is 1. The van der Waals surface area contributed by atoms with Gasteiger partial charge in [-0.3, -0.25) is 0 Å². The molecule has 0 aromatic carbocycles. The summed E-state index contributed by atoms with van der Waals surface area (Å²) in [6, 6.07) is 0.249. The molecule has 1 aromatic heterocycles. The first-order valence-corrected chi connectivity index (χ1v) is 8.16. The van der Waals surface area contributed by atoms with Crippen molar-refractivity contribution in [2.45, 2.75) is 38.6 Å². The van der Waals surface area contributed by atoms with Crippen molar-refractivity contribution >= 4 is 5.82 Å². The lowest BCUT2D eigenvalue weighted by Gasteiger charge is -2.53. The van der Waals surface area contributed by atoms with E-state index in [0.717, 1.165) is 32.4 Å². The van der Waals surface area contributed by atoms with Gasteiger partial charge in [0, 0.05) is 24.5 Å². The Morgan fingerprint density at radius 2 is 2.18 bits per heavy atom. The number of aryl methyl sites for hydroxylation is 1. The zero-order chi connectivity index (χ0) is 15.7. The summed E-state index contributed by atoms with van der Waals surface area (Å²) in [5, 5.41) is 9.94. The largest absolute Gasteiger partial charge is 0.396 e. The molecule has 2 saturated heterocycles. The number of nitrogens with zero attached hydrogens (tertiary/aromatic N) is 4. The van der Waals surface area contributed by atoms with E-state index in [1.54, 1.807) is 0 Å². The lowest BCUT2D eigenvalue weighted by atomic mass is 9.69. The molecule has 0 unspecified atom stereocenters. The van der Waals surface area contributed by atoms with Gasteiger partial charge in [-0.15, -0.1) is 0 Å². The van der Waals surface area contributed by atoms with Crippen LogP contribution in [0.3, 0.4) is 0 Å². The van der Waals surface area contributed by atoms with Crippen molar-refractivity contribution in [2.75, 3.05) is 38.2 Å². The Balaban J connectivity index is 1.87. The molecule has 2 fully saturated rings. The van der Waals surface area contributed by atoms with E-state index in [9.17, 15) is 9.50 Å². The molecule has 5 nitrogen and oxygen atoms in total. The van der Waals surface area contributed by atoms with Crippen LogP contribution in [0.2, 0.25) is 0 Å². The van der Waals surface area contributed by atoms with E-state index in [1.165, 1.54) is 6.33 Å². The van der Waals surface area contributed by atoms with Gasteiger partial charge in [-0.25, -0.2) is 14.4 Å². The van der Waals surface area contributed by atoms with E-state index < -0.39 is 0 Å². The fraction of sp³-hybridized carbons (Fsp3) is 0.750. The molecule has 6 heteroatoms. The highest BCUT2D eigenvalue weighted by Gasteiger charge is 2.47. The van der Waals surface area contributed by atoms with E-state index in [0.29, 0.717) is 24.5 Å². The van der Waals surface area contributed by atoms with E-state index in [-0.39, 0.29) is 23.9 Å². The van der Waals surface area contributed by atoms with Crippen molar-refractivity contribution in [3.63, 3.8) is 0 Å². The number of aliphatic hydroxyl groups excluding tert-OH is 1. The molecule has 0 aliphatic carbocycles. The third kappa shape index (κ3) is 2.48. The standard InChI is InChI=1S/C16H25FN4O/c1-3-12-14(17)15(19-11-18-12)21-8-6-16(10-22)5-4-7-20(2)13(16)9-21/h11,13,22H,3-10H2,1-2H3/t13-,16-/m1/s1. The Kier molecular flexibility index (Phi) is 4.32. The summed E-state index contributed by atoms with van der Waals surface area (Å²) in [4.78, 5) is 12.5. The van der Waals surface area contributed by atoms with Crippen LogP contribution in [0.25, 0.3) is 0 Å². The SMILES string of the molecule is CCc1ncnc(N2CC[C@@]3(CO)CCCN(C)[C@@H]3C2)c1F. The highest BCUT2D eigenvalue weighted by Crippen LogP contribution is 2.42. The second-order valence-corrected chi connectivity index (χ2v) is 6.63. The van der Waals surface area contributed by atoms with Gasteiger partial charge in [-0.05, 0) is 39.3 Å².